The Morgan fingerprint density at radius 2 is 2.20 bits per heavy atom. The molecule has 1 atom stereocenters. The molecule has 1 aliphatic rings. The van der Waals surface area contributed by atoms with Gasteiger partial charge in [0.25, 0.3) is 0 Å². The highest BCUT2D eigenvalue weighted by molar-refractivity contribution is 9.10. The maximum absolute atomic E-state index is 11.9. The molecule has 1 heterocycles. The van der Waals surface area contributed by atoms with Crippen LogP contribution in [0, 0.1) is 11.3 Å². The van der Waals surface area contributed by atoms with Gasteiger partial charge in [-0.2, -0.15) is 5.26 Å². The first kappa shape index (κ1) is 14.4. The summed E-state index contributed by atoms with van der Waals surface area (Å²) in [6, 6.07) is 9.52. The normalized spacial score (nSPS) is 18.6. The van der Waals surface area contributed by atoms with Crippen LogP contribution in [-0.2, 0) is 9.53 Å². The second-order valence-electron chi connectivity index (χ2n) is 4.51. The number of nitrogens with two attached hydrogens (primary N) is 1. The van der Waals surface area contributed by atoms with E-state index in [1.807, 2.05) is 24.3 Å². The van der Waals surface area contributed by atoms with E-state index in [0.29, 0.717) is 11.3 Å². The van der Waals surface area contributed by atoms with Gasteiger partial charge in [0.15, 0.2) is 5.78 Å². The maximum Gasteiger partial charge on any atom is 0.205 e. The molecule has 1 aromatic rings. The zero-order chi connectivity index (χ0) is 14.9. The fraction of sp³-hybridized carbons (Fsp3) is 0.200. The molecule has 5 heteroatoms. The van der Waals surface area contributed by atoms with E-state index in [2.05, 4.69) is 22.0 Å². The number of carbonyl (C=O) groups excluding carboxylic acids is 1. The third kappa shape index (κ3) is 2.47. The molecular weight excluding hydrogens is 320 g/mol. The van der Waals surface area contributed by atoms with Gasteiger partial charge in [0.1, 0.15) is 17.4 Å². The number of halogens is 1. The Hall–Kier alpha value is -2.06. The lowest BCUT2D eigenvalue weighted by atomic mass is 9.81. The van der Waals surface area contributed by atoms with Crippen molar-refractivity contribution in [3.8, 4) is 6.07 Å². The predicted molar refractivity (Wildman–Crippen MR) is 78.2 cm³/mol. The van der Waals surface area contributed by atoms with E-state index < -0.39 is 5.92 Å². The summed E-state index contributed by atoms with van der Waals surface area (Å²) < 4.78 is 6.20. The summed E-state index contributed by atoms with van der Waals surface area (Å²) in [4.78, 5) is 11.9. The third-order valence-electron chi connectivity index (χ3n) is 3.17. The minimum Gasteiger partial charge on any atom is -0.445 e. The van der Waals surface area contributed by atoms with E-state index in [1.54, 1.807) is 6.92 Å². The second-order valence-corrected chi connectivity index (χ2v) is 5.42. The number of hydrogen-bond donors (Lipinski definition) is 1. The molecule has 0 spiro atoms. The predicted octanol–water partition coefficient (Wildman–Crippen LogP) is 3.12. The van der Waals surface area contributed by atoms with Crippen LogP contribution < -0.4 is 5.73 Å². The lowest BCUT2D eigenvalue weighted by molar-refractivity contribution is -0.114. The summed E-state index contributed by atoms with van der Waals surface area (Å²) in [5.41, 5.74) is 7.34. The molecule has 0 radical (unpaired) electrons. The van der Waals surface area contributed by atoms with E-state index in [-0.39, 0.29) is 17.2 Å². The first-order valence-electron chi connectivity index (χ1n) is 6.00. The smallest absolute Gasteiger partial charge is 0.205 e. The number of Topliss-reactive ketones (excluding diaryl/α,β-unsaturated/α-hetero) is 1. The van der Waals surface area contributed by atoms with Crippen molar-refractivity contribution in [2.24, 2.45) is 5.73 Å². The molecule has 0 aromatic heterocycles. The quantitative estimate of drug-likeness (QED) is 0.902. The summed E-state index contributed by atoms with van der Waals surface area (Å²) in [5.74, 6) is -0.115. The summed E-state index contributed by atoms with van der Waals surface area (Å²) in [6.45, 7) is 3.15. The van der Waals surface area contributed by atoms with Crippen molar-refractivity contribution in [1.29, 1.82) is 5.26 Å². The van der Waals surface area contributed by atoms with E-state index in [9.17, 15) is 10.1 Å². The Balaban J connectivity index is 2.67. The van der Waals surface area contributed by atoms with Gasteiger partial charge in [-0.25, -0.2) is 0 Å². The van der Waals surface area contributed by atoms with Crippen LogP contribution in [0.4, 0.5) is 0 Å². The number of hydrogen-bond acceptors (Lipinski definition) is 4. The first-order valence-corrected chi connectivity index (χ1v) is 6.79. The van der Waals surface area contributed by atoms with Crippen LogP contribution in [0.5, 0.6) is 0 Å². The Labute approximate surface area is 125 Å². The second kappa shape index (κ2) is 5.51. The number of allylic oxidation sites excluding steroid dienone is 3. The Morgan fingerprint density at radius 1 is 1.50 bits per heavy atom. The Morgan fingerprint density at radius 3 is 2.75 bits per heavy atom. The molecule has 102 valence electrons. The van der Waals surface area contributed by atoms with Crippen LogP contribution in [-0.4, -0.2) is 5.78 Å². The SMILES string of the molecule is CC(=O)C1=C(C)OC(N)=C(C#N)[C@H]1c1cccc(Br)c1. The molecule has 0 amide bonds. The number of nitriles is 1. The van der Waals surface area contributed by atoms with Crippen LogP contribution in [0.3, 0.4) is 0 Å². The van der Waals surface area contributed by atoms with Gasteiger partial charge in [0, 0.05) is 10.0 Å². The van der Waals surface area contributed by atoms with Gasteiger partial charge in [-0.1, -0.05) is 28.1 Å². The number of benzene rings is 1. The molecule has 20 heavy (non-hydrogen) atoms. The summed E-state index contributed by atoms with van der Waals surface area (Å²) in [7, 11) is 0. The van der Waals surface area contributed by atoms with Crippen molar-refractivity contribution in [3.63, 3.8) is 0 Å². The minimum atomic E-state index is -0.483. The van der Waals surface area contributed by atoms with Crippen molar-refractivity contribution < 1.29 is 9.53 Å². The molecule has 0 saturated carbocycles. The fourth-order valence-electron chi connectivity index (χ4n) is 2.36. The van der Waals surface area contributed by atoms with Gasteiger partial charge in [-0.3, -0.25) is 4.79 Å². The van der Waals surface area contributed by atoms with Crippen molar-refractivity contribution >= 4 is 21.7 Å². The van der Waals surface area contributed by atoms with E-state index >= 15 is 0 Å². The monoisotopic (exact) mass is 332 g/mol. The number of ketones is 1. The highest BCUT2D eigenvalue weighted by Crippen LogP contribution is 2.39. The standard InChI is InChI=1S/C15H13BrN2O2/c1-8(19)13-9(2)20-15(18)12(7-17)14(13)10-4-3-5-11(16)6-10/h3-6,14H,18H2,1-2H3/t14-/m1/s1. The molecule has 2 rings (SSSR count). The van der Waals surface area contributed by atoms with Gasteiger partial charge in [0.2, 0.25) is 5.88 Å². The summed E-state index contributed by atoms with van der Waals surface area (Å²) in [6.07, 6.45) is 0. The fourth-order valence-corrected chi connectivity index (χ4v) is 2.77. The van der Waals surface area contributed by atoms with Crippen LogP contribution >= 0.6 is 15.9 Å². The molecule has 0 bridgehead atoms. The van der Waals surface area contributed by atoms with Gasteiger partial charge in [-0.15, -0.1) is 0 Å². The van der Waals surface area contributed by atoms with Crippen molar-refractivity contribution in [1.82, 2.24) is 0 Å². The number of nitrogens with zero attached hydrogens (tertiary/aromatic N) is 1. The topological polar surface area (TPSA) is 76.1 Å². The molecule has 0 fully saturated rings. The Bertz CT molecular complexity index is 683. The van der Waals surface area contributed by atoms with Crippen LogP contribution in [0.2, 0.25) is 0 Å². The minimum absolute atomic E-state index is 0.0555. The maximum atomic E-state index is 11.9. The molecule has 0 unspecified atom stereocenters. The summed E-state index contributed by atoms with van der Waals surface area (Å²) >= 11 is 3.40. The molecule has 1 aliphatic heterocycles. The van der Waals surface area contributed by atoms with Crippen LogP contribution in [0.25, 0.3) is 0 Å². The summed E-state index contributed by atoms with van der Waals surface area (Å²) in [5, 5.41) is 9.33. The average molecular weight is 333 g/mol. The van der Waals surface area contributed by atoms with Crippen LogP contribution in [0.1, 0.15) is 25.3 Å². The van der Waals surface area contributed by atoms with Crippen molar-refractivity contribution in [3.05, 3.63) is 57.1 Å². The first-order chi connectivity index (χ1) is 9.45. The molecule has 0 saturated heterocycles. The lowest BCUT2D eigenvalue weighted by Crippen LogP contribution is -2.23. The molecule has 4 nitrogen and oxygen atoms in total. The highest BCUT2D eigenvalue weighted by Gasteiger charge is 2.33. The number of rotatable bonds is 2. The lowest BCUT2D eigenvalue weighted by Gasteiger charge is -2.26. The van der Waals surface area contributed by atoms with Gasteiger partial charge < -0.3 is 10.5 Å². The van der Waals surface area contributed by atoms with Crippen molar-refractivity contribution in [2.75, 3.05) is 0 Å². The zero-order valence-corrected chi connectivity index (χ0v) is 12.7. The molecular formula is C15H13BrN2O2. The zero-order valence-electron chi connectivity index (χ0n) is 11.1. The average Bonchev–Trinajstić information content (AvgIpc) is 2.37. The van der Waals surface area contributed by atoms with Gasteiger partial charge in [-0.05, 0) is 31.5 Å². The van der Waals surface area contributed by atoms with E-state index in [4.69, 9.17) is 10.5 Å². The van der Waals surface area contributed by atoms with E-state index in [1.165, 1.54) is 6.92 Å². The molecule has 1 aromatic carbocycles. The molecule has 0 aliphatic carbocycles. The van der Waals surface area contributed by atoms with Gasteiger partial charge >= 0.3 is 0 Å². The largest absolute Gasteiger partial charge is 0.445 e. The third-order valence-corrected chi connectivity index (χ3v) is 3.66. The number of carbonyl (C=O) groups is 1. The van der Waals surface area contributed by atoms with E-state index in [0.717, 1.165) is 10.0 Å². The van der Waals surface area contributed by atoms with Crippen molar-refractivity contribution in [2.45, 2.75) is 19.8 Å². The molecule has 2 N–H and O–H groups in total. The van der Waals surface area contributed by atoms with Crippen LogP contribution in [0.15, 0.2) is 51.5 Å². The number of ether oxygens (including phenoxy) is 1. The Kier molecular flexibility index (Phi) is 3.96. The highest BCUT2D eigenvalue weighted by atomic mass is 79.9. The van der Waals surface area contributed by atoms with Gasteiger partial charge in [0.05, 0.1) is 5.92 Å².